The van der Waals surface area contributed by atoms with Gasteiger partial charge in [-0.25, -0.2) is 9.79 Å². The van der Waals surface area contributed by atoms with Gasteiger partial charge in [0.05, 0.1) is 29.4 Å². The molecule has 0 unspecified atom stereocenters. The number of carbonyl (C=O) groups excluding carboxylic acids is 1. The van der Waals surface area contributed by atoms with Crippen molar-refractivity contribution in [3.63, 3.8) is 0 Å². The van der Waals surface area contributed by atoms with Crippen LogP contribution in [0.4, 0.5) is 8.78 Å². The highest BCUT2D eigenvalue weighted by atomic mass is 19.3. The van der Waals surface area contributed by atoms with Gasteiger partial charge in [-0.05, 0) is 37.1 Å². The fourth-order valence-electron chi connectivity index (χ4n) is 3.42. The molecular formula is C21H16F2N4O2. The van der Waals surface area contributed by atoms with Crippen molar-refractivity contribution in [2.75, 3.05) is 6.54 Å². The van der Waals surface area contributed by atoms with Gasteiger partial charge in [-0.2, -0.15) is 19.1 Å². The van der Waals surface area contributed by atoms with Crippen LogP contribution >= 0.6 is 0 Å². The van der Waals surface area contributed by atoms with Crippen LogP contribution < -0.4 is 0 Å². The van der Waals surface area contributed by atoms with Crippen LogP contribution in [0.15, 0.2) is 41.4 Å². The monoisotopic (exact) mass is 394 g/mol. The Balaban J connectivity index is 1.80. The lowest BCUT2D eigenvalue weighted by atomic mass is 10.0. The van der Waals surface area contributed by atoms with Crippen LogP contribution in [0.1, 0.15) is 27.9 Å². The number of esters is 1. The van der Waals surface area contributed by atoms with Gasteiger partial charge in [0.25, 0.3) is 5.90 Å². The number of alkyl halides is 2. The van der Waals surface area contributed by atoms with Gasteiger partial charge in [0, 0.05) is 10.9 Å². The summed E-state index contributed by atoms with van der Waals surface area (Å²) in [6.45, 7) is 3.54. The number of carbonyl (C=O) groups is 1. The Bertz CT molecular complexity index is 1220. The molecule has 0 amide bonds. The summed E-state index contributed by atoms with van der Waals surface area (Å²) in [5, 5.41) is 14.6. The Morgan fingerprint density at radius 3 is 2.76 bits per heavy atom. The maximum absolute atomic E-state index is 14.8. The Kier molecular flexibility index (Phi) is 4.38. The fraction of sp³-hybridized carbons (Fsp3) is 0.238. The molecule has 0 bridgehead atoms. The predicted octanol–water partition coefficient (Wildman–Crippen LogP) is 3.62. The van der Waals surface area contributed by atoms with Crippen molar-refractivity contribution < 1.29 is 18.3 Å². The molecule has 0 fully saturated rings. The minimum Gasteiger partial charge on any atom is -0.403 e. The number of fused-ring (bicyclic) bond motifs is 1. The van der Waals surface area contributed by atoms with Crippen LogP contribution in [-0.2, 0) is 22.0 Å². The van der Waals surface area contributed by atoms with E-state index in [9.17, 15) is 18.8 Å². The molecule has 0 aliphatic carbocycles. The lowest BCUT2D eigenvalue weighted by molar-refractivity contribution is -0.133. The Labute approximate surface area is 165 Å². The van der Waals surface area contributed by atoms with Crippen LogP contribution in [-0.4, -0.2) is 28.2 Å². The van der Waals surface area contributed by atoms with E-state index >= 15 is 0 Å². The normalized spacial score (nSPS) is 14.0. The van der Waals surface area contributed by atoms with E-state index in [0.29, 0.717) is 16.8 Å². The molecule has 1 aliphatic rings. The lowest BCUT2D eigenvalue weighted by Crippen LogP contribution is -2.27. The number of ether oxygens (including phenoxy) is 1. The Morgan fingerprint density at radius 1 is 1.28 bits per heavy atom. The molecule has 0 radical (unpaired) electrons. The molecule has 8 heteroatoms. The maximum atomic E-state index is 14.8. The molecule has 1 aromatic heterocycles. The first-order chi connectivity index (χ1) is 13.8. The van der Waals surface area contributed by atoms with Crippen molar-refractivity contribution in [2.45, 2.75) is 26.3 Å². The lowest BCUT2D eigenvalue weighted by Gasteiger charge is -2.16. The van der Waals surface area contributed by atoms with E-state index in [1.807, 2.05) is 13.0 Å². The SMILES string of the molecule is Cc1cccc(C#N)c1Cn1nc(C)c2ccc(C(F)(F)C3=NCC(=O)O3)cc21. The Morgan fingerprint density at radius 2 is 2.07 bits per heavy atom. The van der Waals surface area contributed by atoms with Gasteiger partial charge in [-0.15, -0.1) is 0 Å². The first-order valence-electron chi connectivity index (χ1n) is 8.91. The first kappa shape index (κ1) is 18.7. The number of cyclic esters (lactones) is 1. The van der Waals surface area contributed by atoms with E-state index in [4.69, 9.17) is 0 Å². The van der Waals surface area contributed by atoms with E-state index in [2.05, 4.69) is 20.9 Å². The van der Waals surface area contributed by atoms with E-state index in [1.54, 1.807) is 29.8 Å². The molecule has 146 valence electrons. The van der Waals surface area contributed by atoms with Crippen LogP contribution in [0.2, 0.25) is 0 Å². The van der Waals surface area contributed by atoms with Gasteiger partial charge in [0.2, 0.25) is 0 Å². The summed E-state index contributed by atoms with van der Waals surface area (Å²) >= 11 is 0. The third-order valence-corrected chi connectivity index (χ3v) is 4.97. The van der Waals surface area contributed by atoms with Gasteiger partial charge in [-0.3, -0.25) is 4.68 Å². The highest BCUT2D eigenvalue weighted by Gasteiger charge is 2.44. The molecule has 29 heavy (non-hydrogen) atoms. The minimum absolute atomic E-state index is 0.269. The summed E-state index contributed by atoms with van der Waals surface area (Å²) < 4.78 is 35.8. The number of hydrogen-bond acceptors (Lipinski definition) is 5. The van der Waals surface area contributed by atoms with E-state index in [-0.39, 0.29) is 12.1 Å². The van der Waals surface area contributed by atoms with Crippen LogP contribution in [0.25, 0.3) is 10.9 Å². The van der Waals surface area contributed by atoms with Crippen LogP contribution in [0.3, 0.4) is 0 Å². The van der Waals surface area contributed by atoms with Crippen molar-refractivity contribution >= 4 is 22.8 Å². The van der Waals surface area contributed by atoms with Gasteiger partial charge in [0.1, 0.15) is 6.54 Å². The van der Waals surface area contributed by atoms with Gasteiger partial charge >= 0.3 is 11.9 Å². The van der Waals surface area contributed by atoms with E-state index < -0.39 is 24.3 Å². The first-order valence-corrected chi connectivity index (χ1v) is 8.91. The van der Waals surface area contributed by atoms with Crippen LogP contribution in [0, 0.1) is 25.2 Å². The summed E-state index contributed by atoms with van der Waals surface area (Å²) in [5.41, 5.74) is 3.05. The second-order valence-corrected chi connectivity index (χ2v) is 6.86. The zero-order valence-corrected chi connectivity index (χ0v) is 15.7. The molecule has 1 aliphatic heterocycles. The number of nitrogens with zero attached hydrogens (tertiary/aromatic N) is 4. The third kappa shape index (κ3) is 3.14. The summed E-state index contributed by atoms with van der Waals surface area (Å²) in [4.78, 5) is 14.7. The molecule has 0 N–H and O–H groups in total. The van der Waals surface area contributed by atoms with Gasteiger partial charge < -0.3 is 4.74 Å². The van der Waals surface area contributed by atoms with Crippen molar-refractivity contribution in [1.29, 1.82) is 5.26 Å². The van der Waals surface area contributed by atoms with Gasteiger partial charge in [0.15, 0.2) is 0 Å². The molecule has 0 spiro atoms. The second kappa shape index (κ2) is 6.78. The summed E-state index contributed by atoms with van der Waals surface area (Å²) in [5.74, 6) is -5.23. The van der Waals surface area contributed by atoms with E-state index in [1.165, 1.54) is 12.1 Å². The smallest absolute Gasteiger partial charge is 0.347 e. The van der Waals surface area contributed by atoms with Crippen molar-refractivity contribution in [3.8, 4) is 6.07 Å². The molecular weight excluding hydrogens is 378 g/mol. The van der Waals surface area contributed by atoms with Gasteiger partial charge in [-0.1, -0.05) is 24.3 Å². The molecule has 2 aromatic carbocycles. The number of nitriles is 1. The molecule has 0 saturated carbocycles. The number of benzene rings is 2. The van der Waals surface area contributed by atoms with Crippen LogP contribution in [0.5, 0.6) is 0 Å². The maximum Gasteiger partial charge on any atom is 0.347 e. The largest absolute Gasteiger partial charge is 0.403 e. The molecule has 0 saturated heterocycles. The minimum atomic E-state index is -3.54. The van der Waals surface area contributed by atoms with Crippen molar-refractivity contribution in [2.24, 2.45) is 4.99 Å². The average molecular weight is 394 g/mol. The zero-order chi connectivity index (χ0) is 20.8. The highest BCUT2D eigenvalue weighted by molar-refractivity contribution is 5.99. The average Bonchev–Trinajstić information content (AvgIpc) is 3.27. The molecule has 0 atom stereocenters. The third-order valence-electron chi connectivity index (χ3n) is 4.97. The predicted molar refractivity (Wildman–Crippen MR) is 102 cm³/mol. The standard InChI is InChI=1S/C21H16F2N4O2/c1-12-4-3-5-14(9-24)17(12)11-27-18-8-15(6-7-16(18)13(2)26-27)21(22,23)20-25-10-19(28)29-20/h3-8H,10-11H2,1-2H3. The summed E-state index contributed by atoms with van der Waals surface area (Å²) in [6.07, 6.45) is 0. The molecule has 3 aromatic rings. The topological polar surface area (TPSA) is 80.3 Å². The van der Waals surface area contributed by atoms with E-state index in [0.717, 1.165) is 16.5 Å². The number of aryl methyl sites for hydroxylation is 2. The zero-order valence-electron chi connectivity index (χ0n) is 15.7. The molecule has 2 heterocycles. The molecule has 6 nitrogen and oxygen atoms in total. The van der Waals surface area contributed by atoms with Crippen molar-refractivity contribution in [1.82, 2.24) is 9.78 Å². The fourth-order valence-corrected chi connectivity index (χ4v) is 3.42. The number of hydrogen-bond donors (Lipinski definition) is 0. The summed E-state index contributed by atoms with van der Waals surface area (Å²) in [6, 6.07) is 11.7. The number of aliphatic imine (C=N–C) groups is 1. The summed E-state index contributed by atoms with van der Waals surface area (Å²) in [7, 11) is 0. The number of rotatable bonds is 4. The van der Waals surface area contributed by atoms with Crippen molar-refractivity contribution in [3.05, 3.63) is 64.3 Å². The quantitative estimate of drug-likeness (QED) is 0.633. The second-order valence-electron chi connectivity index (χ2n) is 6.86. The Hall–Kier alpha value is -3.60. The highest BCUT2D eigenvalue weighted by Crippen LogP contribution is 2.34. The number of halogens is 2. The molecule has 4 rings (SSSR count). The number of aromatic nitrogens is 2.